The van der Waals surface area contributed by atoms with E-state index in [9.17, 15) is 4.79 Å². The van der Waals surface area contributed by atoms with E-state index in [1.165, 1.54) is 19.3 Å². The van der Waals surface area contributed by atoms with Crippen molar-refractivity contribution in [2.75, 3.05) is 45.2 Å². The third-order valence-electron chi connectivity index (χ3n) is 6.86. The lowest BCUT2D eigenvalue weighted by Gasteiger charge is -2.33. The molecule has 0 spiro atoms. The Labute approximate surface area is 187 Å². The number of methoxy groups -OCH3 is 1. The molecule has 2 aliphatic rings. The second-order valence-electron chi connectivity index (χ2n) is 9.03. The number of aryl methyl sites for hydroxylation is 1. The summed E-state index contributed by atoms with van der Waals surface area (Å²) in [6, 6.07) is 4.29. The summed E-state index contributed by atoms with van der Waals surface area (Å²) in [6.07, 6.45) is 7.92. The minimum absolute atomic E-state index is 0.124. The molecule has 4 heterocycles. The highest BCUT2D eigenvalue weighted by Gasteiger charge is 2.28. The normalized spacial score (nSPS) is 18.4. The van der Waals surface area contributed by atoms with E-state index in [2.05, 4.69) is 26.4 Å². The number of hydrogen-bond donors (Lipinski definition) is 1. The Hall–Kier alpha value is -2.94. The summed E-state index contributed by atoms with van der Waals surface area (Å²) in [5.41, 5.74) is 1.89. The van der Waals surface area contributed by atoms with Crippen LogP contribution in [0.15, 0.2) is 23.3 Å². The van der Waals surface area contributed by atoms with E-state index in [-0.39, 0.29) is 5.56 Å². The van der Waals surface area contributed by atoms with Gasteiger partial charge in [0.05, 0.1) is 25.8 Å². The summed E-state index contributed by atoms with van der Waals surface area (Å²) in [4.78, 5) is 30.3. The predicted octanol–water partition coefficient (Wildman–Crippen LogP) is 1.88. The van der Waals surface area contributed by atoms with E-state index in [1.807, 2.05) is 30.1 Å². The van der Waals surface area contributed by atoms with Crippen LogP contribution in [-0.2, 0) is 7.05 Å². The highest BCUT2D eigenvalue weighted by atomic mass is 16.5. The predicted molar refractivity (Wildman–Crippen MR) is 123 cm³/mol. The second-order valence-corrected chi connectivity index (χ2v) is 9.03. The van der Waals surface area contributed by atoms with Crippen LogP contribution in [0.3, 0.4) is 0 Å². The van der Waals surface area contributed by atoms with Crippen molar-refractivity contribution in [2.45, 2.75) is 38.1 Å². The number of hydrogen-bond acceptors (Lipinski definition) is 6. The molecule has 1 N–H and O–H groups in total. The number of aromatic nitrogens is 5. The van der Waals surface area contributed by atoms with Crippen LogP contribution >= 0.6 is 0 Å². The lowest BCUT2D eigenvalue weighted by Crippen LogP contribution is -2.44. The first-order valence-corrected chi connectivity index (χ1v) is 11.5. The number of fused-ring (bicyclic) bond motifs is 1. The maximum atomic E-state index is 13.2. The molecule has 170 valence electrons. The van der Waals surface area contributed by atoms with Crippen molar-refractivity contribution < 1.29 is 9.30 Å². The number of rotatable bonds is 4. The first-order valence-electron chi connectivity index (χ1n) is 11.5. The van der Waals surface area contributed by atoms with Gasteiger partial charge >= 0.3 is 5.65 Å². The Bertz CT molecular complexity index is 1170. The number of nitrogens with zero attached hydrogens (tertiary/aromatic N) is 6. The van der Waals surface area contributed by atoms with Crippen molar-refractivity contribution in [1.29, 1.82) is 0 Å². The van der Waals surface area contributed by atoms with Crippen LogP contribution in [0.25, 0.3) is 22.6 Å². The minimum atomic E-state index is -0.124. The van der Waals surface area contributed by atoms with Crippen LogP contribution in [0.4, 0.5) is 5.82 Å². The summed E-state index contributed by atoms with van der Waals surface area (Å²) in [7, 11) is 5.69. The number of piperazine rings is 1. The summed E-state index contributed by atoms with van der Waals surface area (Å²) in [5, 5.41) is 0. The van der Waals surface area contributed by atoms with Gasteiger partial charge in [0, 0.05) is 26.2 Å². The molecular formula is C23H32N7O2+. The number of likely N-dealkylation sites (N-methyl/N-ethyl adjacent to an activating group) is 1. The van der Waals surface area contributed by atoms with Gasteiger partial charge in [-0.05, 0) is 44.9 Å². The van der Waals surface area contributed by atoms with E-state index >= 15 is 0 Å². The fourth-order valence-electron chi connectivity index (χ4n) is 4.97. The first-order chi connectivity index (χ1) is 15.5. The number of aromatic amines is 1. The molecular weight excluding hydrogens is 406 g/mol. The molecule has 1 saturated heterocycles. The molecule has 1 aliphatic heterocycles. The fourth-order valence-corrected chi connectivity index (χ4v) is 4.97. The van der Waals surface area contributed by atoms with Crippen molar-refractivity contribution in [2.24, 2.45) is 7.05 Å². The van der Waals surface area contributed by atoms with E-state index in [4.69, 9.17) is 14.7 Å². The van der Waals surface area contributed by atoms with E-state index < -0.39 is 0 Å². The molecule has 3 aromatic rings. The third kappa shape index (κ3) is 3.74. The zero-order chi connectivity index (χ0) is 22.2. The molecule has 0 aromatic carbocycles. The van der Waals surface area contributed by atoms with Crippen molar-refractivity contribution >= 4 is 17.0 Å². The lowest BCUT2D eigenvalue weighted by molar-refractivity contribution is -0.647. The largest absolute Gasteiger partial charge is 0.480 e. The number of H-pyrrole nitrogens is 1. The van der Waals surface area contributed by atoms with Gasteiger partial charge in [-0.2, -0.15) is 4.98 Å². The molecule has 9 heteroatoms. The number of pyridine rings is 1. The van der Waals surface area contributed by atoms with Gasteiger partial charge in [0.2, 0.25) is 17.2 Å². The third-order valence-corrected chi connectivity index (χ3v) is 6.86. The Balaban J connectivity index is 1.53. The van der Waals surface area contributed by atoms with Gasteiger partial charge in [-0.15, -0.1) is 0 Å². The average molecular weight is 439 g/mol. The molecule has 0 atom stereocenters. The SMILES string of the molecule is COc1nc(N2CCN(C)CC2)ccc1-c1nc2c(c(=O)[nH]1)n(C1CCCCC1)c[n+]2C. The van der Waals surface area contributed by atoms with Crippen molar-refractivity contribution in [3.8, 4) is 17.3 Å². The molecule has 0 amide bonds. The van der Waals surface area contributed by atoms with Gasteiger partial charge in [0.1, 0.15) is 5.82 Å². The number of imidazole rings is 1. The number of ether oxygens (including phenoxy) is 1. The topological polar surface area (TPSA) is 83.2 Å². The molecule has 2 fully saturated rings. The Morgan fingerprint density at radius 2 is 1.84 bits per heavy atom. The van der Waals surface area contributed by atoms with Crippen molar-refractivity contribution in [3.63, 3.8) is 0 Å². The van der Waals surface area contributed by atoms with Gasteiger partial charge < -0.3 is 14.5 Å². The van der Waals surface area contributed by atoms with Crippen LogP contribution in [0.1, 0.15) is 38.1 Å². The molecule has 5 rings (SSSR count). The average Bonchev–Trinajstić information content (AvgIpc) is 3.16. The Kier molecular flexibility index (Phi) is 5.58. The zero-order valence-corrected chi connectivity index (χ0v) is 19.2. The molecule has 0 bridgehead atoms. The first kappa shape index (κ1) is 20.9. The quantitative estimate of drug-likeness (QED) is 0.627. The highest BCUT2D eigenvalue weighted by molar-refractivity contribution is 5.72. The number of anilines is 1. The van der Waals surface area contributed by atoms with Gasteiger partial charge in [-0.25, -0.2) is 4.57 Å². The molecule has 9 nitrogen and oxygen atoms in total. The number of nitrogens with one attached hydrogen (secondary N) is 1. The van der Waals surface area contributed by atoms with Crippen LogP contribution < -0.4 is 19.8 Å². The Morgan fingerprint density at radius 3 is 2.56 bits per heavy atom. The summed E-state index contributed by atoms with van der Waals surface area (Å²) in [6.45, 7) is 3.87. The lowest BCUT2D eigenvalue weighted by atomic mass is 9.95. The smallest absolute Gasteiger partial charge is 0.309 e. The molecule has 0 unspecified atom stereocenters. The maximum Gasteiger partial charge on any atom is 0.309 e. The van der Waals surface area contributed by atoms with Crippen LogP contribution in [0.2, 0.25) is 0 Å². The van der Waals surface area contributed by atoms with E-state index in [0.717, 1.165) is 44.8 Å². The zero-order valence-electron chi connectivity index (χ0n) is 19.2. The molecule has 32 heavy (non-hydrogen) atoms. The molecule has 1 saturated carbocycles. The summed E-state index contributed by atoms with van der Waals surface area (Å²) >= 11 is 0. The Morgan fingerprint density at radius 1 is 1.09 bits per heavy atom. The highest BCUT2D eigenvalue weighted by Crippen LogP contribution is 2.31. The van der Waals surface area contributed by atoms with E-state index in [0.29, 0.717) is 34.5 Å². The van der Waals surface area contributed by atoms with Gasteiger partial charge in [0.15, 0.2) is 6.33 Å². The van der Waals surface area contributed by atoms with Crippen molar-refractivity contribution in [3.05, 3.63) is 28.8 Å². The van der Waals surface area contributed by atoms with Crippen molar-refractivity contribution in [1.82, 2.24) is 24.4 Å². The summed E-state index contributed by atoms with van der Waals surface area (Å²) < 4.78 is 9.68. The monoisotopic (exact) mass is 438 g/mol. The fraction of sp³-hybridized carbons (Fsp3) is 0.565. The maximum absolute atomic E-state index is 13.2. The van der Waals surface area contributed by atoms with Crippen LogP contribution in [0, 0.1) is 0 Å². The van der Waals surface area contributed by atoms with Crippen LogP contribution in [0.5, 0.6) is 5.88 Å². The van der Waals surface area contributed by atoms with E-state index in [1.54, 1.807) is 7.11 Å². The van der Waals surface area contributed by atoms with Crippen LogP contribution in [-0.4, -0.2) is 64.8 Å². The standard InChI is InChI=1S/C23H31N7O2/c1-27-11-13-29(14-12-27)18-10-9-17(23(24-18)32-3)20-25-21-19(22(31)26-20)30(15-28(21)2)16-7-5-4-6-8-16/h9-10,15-16H,4-8,11-14H2,1-3H3/p+1. The van der Waals surface area contributed by atoms with Gasteiger partial charge in [-0.3, -0.25) is 14.3 Å². The minimum Gasteiger partial charge on any atom is -0.480 e. The molecule has 0 radical (unpaired) electrons. The molecule has 3 aromatic heterocycles. The van der Waals surface area contributed by atoms with Gasteiger partial charge in [-0.1, -0.05) is 11.4 Å². The van der Waals surface area contributed by atoms with Gasteiger partial charge in [0.25, 0.3) is 5.56 Å². The second kappa shape index (κ2) is 8.54. The molecule has 1 aliphatic carbocycles. The summed E-state index contributed by atoms with van der Waals surface area (Å²) in [5.74, 6) is 1.84.